The van der Waals surface area contributed by atoms with E-state index in [1.807, 2.05) is 42.7 Å². The normalized spacial score (nSPS) is 10.3. The summed E-state index contributed by atoms with van der Waals surface area (Å²) in [6, 6.07) is 14.4. The Kier molecular flexibility index (Phi) is 5.67. The summed E-state index contributed by atoms with van der Waals surface area (Å²) in [5, 5.41) is 3.69. The topological polar surface area (TPSA) is 64.1 Å². The number of ether oxygens (including phenoxy) is 1. The molecule has 0 bridgehead atoms. The monoisotopic (exact) mass is 415 g/mol. The van der Waals surface area contributed by atoms with Gasteiger partial charge in [0.05, 0.1) is 22.5 Å². The second-order valence-corrected chi connectivity index (χ2v) is 6.73. The maximum absolute atomic E-state index is 12.3. The third-order valence-corrected chi connectivity index (χ3v) is 4.37. The van der Waals surface area contributed by atoms with E-state index in [1.54, 1.807) is 30.1 Å². The SMILES string of the molecule is CSc1ccc(NC(=O)c2ccc(Oc3cccc(Br)c3)nc2)cn1. The lowest BCUT2D eigenvalue weighted by molar-refractivity contribution is 0.102. The number of aromatic nitrogens is 2. The van der Waals surface area contributed by atoms with Crippen molar-refractivity contribution in [2.45, 2.75) is 5.03 Å². The summed E-state index contributed by atoms with van der Waals surface area (Å²) in [6.45, 7) is 0. The molecule has 3 aromatic rings. The van der Waals surface area contributed by atoms with E-state index in [0.29, 0.717) is 22.9 Å². The molecule has 3 rings (SSSR count). The highest BCUT2D eigenvalue weighted by Crippen LogP contribution is 2.23. The Hall–Kier alpha value is -2.38. The Labute approximate surface area is 158 Å². The molecule has 1 N–H and O–H groups in total. The van der Waals surface area contributed by atoms with Crippen LogP contribution in [0.25, 0.3) is 0 Å². The molecule has 0 aliphatic heterocycles. The summed E-state index contributed by atoms with van der Waals surface area (Å²) < 4.78 is 6.57. The minimum atomic E-state index is -0.250. The molecule has 0 radical (unpaired) electrons. The van der Waals surface area contributed by atoms with Gasteiger partial charge in [-0.2, -0.15) is 0 Å². The van der Waals surface area contributed by atoms with Crippen LogP contribution in [0.1, 0.15) is 10.4 Å². The summed E-state index contributed by atoms with van der Waals surface area (Å²) in [5.41, 5.74) is 1.08. The van der Waals surface area contributed by atoms with Crippen LogP contribution in [-0.2, 0) is 0 Å². The van der Waals surface area contributed by atoms with Crippen molar-refractivity contribution in [1.29, 1.82) is 0 Å². The largest absolute Gasteiger partial charge is 0.439 e. The Balaban J connectivity index is 1.65. The van der Waals surface area contributed by atoms with Gasteiger partial charge in [-0.05, 0) is 42.7 Å². The number of anilines is 1. The number of carbonyl (C=O) groups excluding carboxylic acids is 1. The molecule has 0 fully saturated rings. The number of amides is 1. The van der Waals surface area contributed by atoms with Gasteiger partial charge in [0.25, 0.3) is 5.91 Å². The number of nitrogens with one attached hydrogen (secondary N) is 1. The molecular formula is C18H14BrN3O2S. The Morgan fingerprint density at radius 1 is 1.12 bits per heavy atom. The highest BCUT2D eigenvalue weighted by Gasteiger charge is 2.08. The minimum Gasteiger partial charge on any atom is -0.439 e. The van der Waals surface area contributed by atoms with Gasteiger partial charge in [0.15, 0.2) is 0 Å². The summed E-state index contributed by atoms with van der Waals surface area (Å²) in [4.78, 5) is 20.6. The average molecular weight is 416 g/mol. The van der Waals surface area contributed by atoms with E-state index in [-0.39, 0.29) is 5.91 Å². The van der Waals surface area contributed by atoms with Crippen molar-refractivity contribution >= 4 is 39.3 Å². The van der Waals surface area contributed by atoms with Crippen molar-refractivity contribution in [3.05, 3.63) is 71.0 Å². The highest BCUT2D eigenvalue weighted by atomic mass is 79.9. The number of nitrogens with zero attached hydrogens (tertiary/aromatic N) is 2. The van der Waals surface area contributed by atoms with E-state index in [9.17, 15) is 4.79 Å². The van der Waals surface area contributed by atoms with Crippen molar-refractivity contribution in [1.82, 2.24) is 9.97 Å². The van der Waals surface area contributed by atoms with Gasteiger partial charge >= 0.3 is 0 Å². The van der Waals surface area contributed by atoms with Crippen molar-refractivity contribution in [3.63, 3.8) is 0 Å². The van der Waals surface area contributed by atoms with Crippen molar-refractivity contribution < 1.29 is 9.53 Å². The molecular weight excluding hydrogens is 402 g/mol. The van der Waals surface area contributed by atoms with Gasteiger partial charge < -0.3 is 10.1 Å². The second-order valence-electron chi connectivity index (χ2n) is 4.99. The zero-order valence-electron chi connectivity index (χ0n) is 13.3. The highest BCUT2D eigenvalue weighted by molar-refractivity contribution is 9.10. The third kappa shape index (κ3) is 4.80. The molecule has 1 aromatic carbocycles. The molecule has 0 aliphatic carbocycles. The van der Waals surface area contributed by atoms with E-state index in [0.717, 1.165) is 9.50 Å². The first-order chi connectivity index (χ1) is 12.1. The number of carbonyl (C=O) groups is 1. The molecule has 0 saturated carbocycles. The standard InChI is InChI=1S/C18H14BrN3O2S/c1-25-17-8-6-14(11-21-17)22-18(23)12-5-7-16(20-10-12)24-15-4-2-3-13(19)9-15/h2-11H,1H3,(H,22,23). The van der Waals surface area contributed by atoms with E-state index in [4.69, 9.17) is 4.74 Å². The van der Waals surface area contributed by atoms with Crippen LogP contribution in [0.3, 0.4) is 0 Å². The van der Waals surface area contributed by atoms with Crippen molar-refractivity contribution in [3.8, 4) is 11.6 Å². The van der Waals surface area contributed by atoms with Crippen molar-refractivity contribution in [2.24, 2.45) is 0 Å². The molecule has 126 valence electrons. The van der Waals surface area contributed by atoms with Crippen LogP contribution in [0.15, 0.2) is 70.4 Å². The zero-order valence-corrected chi connectivity index (χ0v) is 15.7. The summed E-state index contributed by atoms with van der Waals surface area (Å²) in [5.74, 6) is 0.833. The quantitative estimate of drug-likeness (QED) is 0.593. The van der Waals surface area contributed by atoms with E-state index >= 15 is 0 Å². The number of pyridine rings is 2. The van der Waals surface area contributed by atoms with E-state index in [2.05, 4.69) is 31.2 Å². The van der Waals surface area contributed by atoms with Gasteiger partial charge in [-0.1, -0.05) is 22.0 Å². The molecule has 25 heavy (non-hydrogen) atoms. The first-order valence-electron chi connectivity index (χ1n) is 7.35. The predicted octanol–water partition coefficient (Wildman–Crippen LogP) is 5.01. The Morgan fingerprint density at radius 2 is 2.00 bits per heavy atom. The van der Waals surface area contributed by atoms with E-state index < -0.39 is 0 Å². The molecule has 5 nitrogen and oxygen atoms in total. The number of halogens is 1. The molecule has 0 spiro atoms. The van der Waals surface area contributed by atoms with Gasteiger partial charge in [0.2, 0.25) is 5.88 Å². The summed E-state index contributed by atoms with van der Waals surface area (Å²) in [6.07, 6.45) is 5.05. The lowest BCUT2D eigenvalue weighted by Gasteiger charge is -2.07. The molecule has 2 heterocycles. The summed E-state index contributed by atoms with van der Waals surface area (Å²) in [7, 11) is 0. The second kappa shape index (κ2) is 8.13. The molecule has 7 heteroatoms. The predicted molar refractivity (Wildman–Crippen MR) is 102 cm³/mol. The van der Waals surface area contributed by atoms with Crippen LogP contribution in [0.4, 0.5) is 5.69 Å². The van der Waals surface area contributed by atoms with Crippen LogP contribution >= 0.6 is 27.7 Å². The molecule has 0 unspecified atom stereocenters. The maximum atomic E-state index is 12.3. The third-order valence-electron chi connectivity index (χ3n) is 3.22. The first-order valence-corrected chi connectivity index (χ1v) is 9.37. The van der Waals surface area contributed by atoms with Crippen molar-refractivity contribution in [2.75, 3.05) is 11.6 Å². The van der Waals surface area contributed by atoms with Gasteiger partial charge in [-0.25, -0.2) is 9.97 Å². The van der Waals surface area contributed by atoms with Gasteiger partial charge in [0.1, 0.15) is 5.75 Å². The average Bonchev–Trinajstić information content (AvgIpc) is 2.63. The number of hydrogen-bond donors (Lipinski definition) is 1. The van der Waals surface area contributed by atoms with Crippen LogP contribution in [0.2, 0.25) is 0 Å². The molecule has 0 saturated heterocycles. The fourth-order valence-electron chi connectivity index (χ4n) is 2.00. The first kappa shape index (κ1) is 17.4. The van der Waals surface area contributed by atoms with Crippen LogP contribution in [0.5, 0.6) is 11.6 Å². The number of hydrogen-bond acceptors (Lipinski definition) is 5. The fraction of sp³-hybridized carbons (Fsp3) is 0.0556. The van der Waals surface area contributed by atoms with Gasteiger partial charge in [0, 0.05) is 16.7 Å². The Bertz CT molecular complexity index is 870. The van der Waals surface area contributed by atoms with Gasteiger partial charge in [-0.3, -0.25) is 4.79 Å². The Morgan fingerprint density at radius 3 is 2.64 bits per heavy atom. The molecule has 2 aromatic heterocycles. The van der Waals surface area contributed by atoms with Gasteiger partial charge in [-0.15, -0.1) is 11.8 Å². The number of benzene rings is 1. The number of rotatable bonds is 5. The lowest BCUT2D eigenvalue weighted by atomic mass is 10.2. The zero-order chi connectivity index (χ0) is 17.6. The molecule has 1 amide bonds. The minimum absolute atomic E-state index is 0.250. The summed E-state index contributed by atoms with van der Waals surface area (Å²) >= 11 is 4.93. The smallest absolute Gasteiger partial charge is 0.257 e. The van der Waals surface area contributed by atoms with Crippen LogP contribution in [0, 0.1) is 0 Å². The maximum Gasteiger partial charge on any atom is 0.257 e. The lowest BCUT2D eigenvalue weighted by Crippen LogP contribution is -2.12. The molecule has 0 atom stereocenters. The van der Waals surface area contributed by atoms with Crippen LogP contribution in [-0.4, -0.2) is 22.1 Å². The molecule has 0 aliphatic rings. The number of thioether (sulfide) groups is 1. The van der Waals surface area contributed by atoms with Crippen LogP contribution < -0.4 is 10.1 Å². The van der Waals surface area contributed by atoms with E-state index in [1.165, 1.54) is 6.20 Å². The fourth-order valence-corrected chi connectivity index (χ4v) is 2.74.